The highest BCUT2D eigenvalue weighted by Gasteiger charge is 2.20. The van der Waals surface area contributed by atoms with Crippen molar-refractivity contribution < 1.29 is 9.53 Å². The highest BCUT2D eigenvalue weighted by atomic mass is 16.5. The third-order valence-electron chi connectivity index (χ3n) is 8.83. The molecule has 0 spiro atoms. The van der Waals surface area contributed by atoms with Crippen molar-refractivity contribution >= 4 is 22.6 Å². The van der Waals surface area contributed by atoms with Gasteiger partial charge in [-0.2, -0.15) is 0 Å². The lowest BCUT2D eigenvalue weighted by Crippen LogP contribution is -2.44. The third-order valence-corrected chi connectivity index (χ3v) is 8.83. The average Bonchev–Trinajstić information content (AvgIpc) is 3.50. The zero-order chi connectivity index (χ0) is 33.3. The van der Waals surface area contributed by atoms with Crippen LogP contribution in [0.5, 0.6) is 5.75 Å². The summed E-state index contributed by atoms with van der Waals surface area (Å²) >= 11 is 0. The summed E-state index contributed by atoms with van der Waals surface area (Å²) in [6.07, 6.45) is 1.63. The summed E-state index contributed by atoms with van der Waals surface area (Å²) in [7, 11) is 2.18. The second-order valence-electron chi connectivity index (χ2n) is 13.1. The number of carbonyl (C=O) groups excluding carboxylic acids is 1. The van der Waals surface area contributed by atoms with E-state index in [1.165, 1.54) is 11.3 Å². The molecule has 47 heavy (non-hydrogen) atoms. The molecular formula is C37H48N8O2. The van der Waals surface area contributed by atoms with Crippen LogP contribution in [0.4, 0.5) is 5.69 Å². The van der Waals surface area contributed by atoms with Gasteiger partial charge in [0.25, 0.3) is 0 Å². The fourth-order valence-corrected chi connectivity index (χ4v) is 6.01. The number of rotatable bonds is 14. The number of benzene rings is 3. The number of anilines is 1. The molecule has 1 amide bonds. The fraction of sp³-hybridized carbons (Fsp3) is 0.459. The number of carbonyl (C=O) groups is 1. The van der Waals surface area contributed by atoms with E-state index in [0.29, 0.717) is 39.0 Å². The van der Waals surface area contributed by atoms with Gasteiger partial charge in [0.2, 0.25) is 5.91 Å². The molecule has 0 aliphatic carbocycles. The molecular weight excluding hydrogens is 588 g/mol. The summed E-state index contributed by atoms with van der Waals surface area (Å²) < 4.78 is 6.39. The third kappa shape index (κ3) is 8.64. The molecule has 1 aliphatic rings. The van der Waals surface area contributed by atoms with Gasteiger partial charge in [-0.3, -0.25) is 4.79 Å². The number of ether oxygens (including phenoxy) is 1. The van der Waals surface area contributed by atoms with E-state index in [1.807, 2.05) is 0 Å². The number of likely N-dealkylation sites (N-methyl/N-ethyl adjacent to an activating group) is 1. The molecule has 0 saturated carbocycles. The first kappa shape index (κ1) is 33.8. The van der Waals surface area contributed by atoms with Crippen molar-refractivity contribution in [2.45, 2.75) is 58.8 Å². The Kier molecular flexibility index (Phi) is 11.4. The van der Waals surface area contributed by atoms with E-state index in [-0.39, 0.29) is 17.7 Å². The minimum atomic E-state index is -0.0197. The van der Waals surface area contributed by atoms with Gasteiger partial charge in [-0.05, 0) is 95.9 Å². The molecule has 3 aromatic carbocycles. The van der Waals surface area contributed by atoms with Crippen molar-refractivity contribution in [2.75, 3.05) is 57.8 Å². The molecule has 0 atom stereocenters. The van der Waals surface area contributed by atoms with E-state index in [9.17, 15) is 4.79 Å². The Labute approximate surface area is 278 Å². The lowest BCUT2D eigenvalue weighted by atomic mass is 9.91. The number of aromatic amines is 1. The van der Waals surface area contributed by atoms with Gasteiger partial charge in [-0.25, -0.2) is 4.98 Å². The molecule has 5 rings (SSSR count). The smallest absolute Gasteiger partial charge is 0.220 e. The van der Waals surface area contributed by atoms with E-state index in [4.69, 9.17) is 15.3 Å². The van der Waals surface area contributed by atoms with Crippen LogP contribution in [0, 0.1) is 0 Å². The first-order chi connectivity index (χ1) is 22.7. The summed E-state index contributed by atoms with van der Waals surface area (Å²) in [5, 5.41) is 6.36. The number of hydrogen-bond donors (Lipinski definition) is 2. The van der Waals surface area contributed by atoms with Crippen molar-refractivity contribution in [3.05, 3.63) is 76.2 Å². The molecule has 1 aromatic heterocycles. The van der Waals surface area contributed by atoms with Gasteiger partial charge in [-0.15, -0.1) is 0 Å². The minimum absolute atomic E-state index is 0.0197. The predicted molar refractivity (Wildman–Crippen MR) is 191 cm³/mol. The Balaban J connectivity index is 1.30. The van der Waals surface area contributed by atoms with E-state index in [1.54, 1.807) is 0 Å². The number of nitrogens with zero attached hydrogens (tertiary/aromatic N) is 6. The van der Waals surface area contributed by atoms with E-state index < -0.39 is 0 Å². The summed E-state index contributed by atoms with van der Waals surface area (Å²) in [5.41, 5.74) is 17.2. The topological polar surface area (TPSA) is 122 Å². The molecule has 2 N–H and O–H groups in total. The van der Waals surface area contributed by atoms with Crippen LogP contribution in [0.3, 0.4) is 0 Å². The first-order valence-electron chi connectivity index (χ1n) is 16.9. The highest BCUT2D eigenvalue weighted by molar-refractivity contribution is 5.85. The molecule has 1 aliphatic heterocycles. The SMILES string of the molecule is CC(C)c1cc(-c2nc3ccc(-c4ccc(N5CCN(C)CC5)cc4)cc3[nH]2)cc(C(C)C)c1OCCCC(=O)NCCCN=[N+]=[N-]. The van der Waals surface area contributed by atoms with Gasteiger partial charge in [0.15, 0.2) is 0 Å². The van der Waals surface area contributed by atoms with Gasteiger partial charge in [-0.1, -0.05) is 51.0 Å². The van der Waals surface area contributed by atoms with E-state index >= 15 is 0 Å². The van der Waals surface area contributed by atoms with Crippen molar-refractivity contribution in [3.8, 4) is 28.3 Å². The number of fused-ring (bicyclic) bond motifs is 1. The van der Waals surface area contributed by atoms with Gasteiger partial charge in [0.05, 0.1) is 17.6 Å². The van der Waals surface area contributed by atoms with Crippen molar-refractivity contribution in [1.82, 2.24) is 20.2 Å². The van der Waals surface area contributed by atoms with Gasteiger partial charge in [0, 0.05) is 61.9 Å². The van der Waals surface area contributed by atoms with Gasteiger partial charge < -0.3 is 24.8 Å². The van der Waals surface area contributed by atoms with Crippen molar-refractivity contribution in [1.29, 1.82) is 0 Å². The Morgan fingerprint density at radius 2 is 1.64 bits per heavy atom. The number of hydrogen-bond acceptors (Lipinski definition) is 6. The highest BCUT2D eigenvalue weighted by Crippen LogP contribution is 2.39. The number of H-pyrrole nitrogens is 1. The quantitative estimate of drug-likeness (QED) is 0.0631. The molecule has 0 unspecified atom stereocenters. The van der Waals surface area contributed by atoms with Crippen LogP contribution >= 0.6 is 0 Å². The van der Waals surface area contributed by atoms with Crippen LogP contribution in [0.2, 0.25) is 0 Å². The molecule has 10 heteroatoms. The molecule has 10 nitrogen and oxygen atoms in total. The van der Waals surface area contributed by atoms with Gasteiger partial charge in [0.1, 0.15) is 11.6 Å². The molecule has 0 radical (unpaired) electrons. The number of azide groups is 1. The summed E-state index contributed by atoms with van der Waals surface area (Å²) in [6, 6.07) is 19.7. The second kappa shape index (κ2) is 15.8. The molecule has 4 aromatic rings. The van der Waals surface area contributed by atoms with Crippen LogP contribution in [0.15, 0.2) is 59.7 Å². The Morgan fingerprint density at radius 1 is 0.957 bits per heavy atom. The largest absolute Gasteiger partial charge is 0.493 e. The zero-order valence-electron chi connectivity index (χ0n) is 28.4. The second-order valence-corrected chi connectivity index (χ2v) is 13.1. The van der Waals surface area contributed by atoms with Crippen LogP contribution in [0.25, 0.3) is 44.0 Å². The Bertz CT molecular complexity index is 1670. The first-order valence-corrected chi connectivity index (χ1v) is 16.9. The number of amides is 1. The minimum Gasteiger partial charge on any atom is -0.493 e. The van der Waals surface area contributed by atoms with Gasteiger partial charge >= 0.3 is 0 Å². The maximum Gasteiger partial charge on any atom is 0.220 e. The van der Waals surface area contributed by atoms with E-state index in [0.717, 1.165) is 71.0 Å². The Hall–Kier alpha value is -4.53. The normalized spacial score (nSPS) is 13.7. The summed E-state index contributed by atoms with van der Waals surface area (Å²) in [5.74, 6) is 2.22. The molecule has 248 valence electrons. The monoisotopic (exact) mass is 636 g/mol. The van der Waals surface area contributed by atoms with Crippen LogP contribution in [-0.4, -0.2) is 73.7 Å². The molecule has 2 heterocycles. The standard InChI is InChI=1S/C37H48N8O2/c1-25(2)31-22-29(23-32(26(3)4)36(31)47-21-6-8-35(46)39-15-7-16-40-43-38)37-41-33-14-11-28(24-34(33)42-37)27-9-12-30(13-10-27)45-19-17-44(5)18-20-45/h9-14,22-26H,6-8,15-21H2,1-5H3,(H,39,46)(H,41,42). The molecule has 1 saturated heterocycles. The molecule has 1 fully saturated rings. The van der Waals surface area contributed by atoms with Crippen LogP contribution < -0.4 is 15.0 Å². The van der Waals surface area contributed by atoms with E-state index in [2.05, 4.69) is 119 Å². The van der Waals surface area contributed by atoms with Crippen molar-refractivity contribution in [2.24, 2.45) is 5.11 Å². The zero-order valence-corrected chi connectivity index (χ0v) is 28.4. The lowest BCUT2D eigenvalue weighted by Gasteiger charge is -2.34. The fourth-order valence-electron chi connectivity index (χ4n) is 6.01. The van der Waals surface area contributed by atoms with Crippen LogP contribution in [-0.2, 0) is 4.79 Å². The number of imidazole rings is 1. The molecule has 0 bridgehead atoms. The maximum absolute atomic E-state index is 12.2. The predicted octanol–water partition coefficient (Wildman–Crippen LogP) is 7.87. The van der Waals surface area contributed by atoms with Crippen LogP contribution in [0.1, 0.15) is 69.9 Å². The number of nitrogens with one attached hydrogen (secondary N) is 2. The number of piperazine rings is 1. The summed E-state index contributed by atoms with van der Waals surface area (Å²) in [4.78, 5) is 28.4. The Morgan fingerprint density at radius 3 is 2.30 bits per heavy atom. The summed E-state index contributed by atoms with van der Waals surface area (Å²) in [6.45, 7) is 14.4. The maximum atomic E-state index is 12.2. The lowest BCUT2D eigenvalue weighted by molar-refractivity contribution is -0.121. The average molecular weight is 637 g/mol. The van der Waals surface area contributed by atoms with Crippen molar-refractivity contribution in [3.63, 3.8) is 0 Å². The number of aromatic nitrogens is 2.